The maximum Gasteiger partial charge on any atom is 0.433 e. The summed E-state index contributed by atoms with van der Waals surface area (Å²) in [5.74, 6) is 0.647. The van der Waals surface area contributed by atoms with Crippen LogP contribution in [0.15, 0.2) is 24.3 Å². The van der Waals surface area contributed by atoms with Crippen LogP contribution < -0.4 is 10.1 Å². The molecule has 1 aromatic carbocycles. The van der Waals surface area contributed by atoms with Gasteiger partial charge >= 0.3 is 6.18 Å². The number of β-amino-alcohol motifs (C(OH)–C–C–N with tert-alkyl or cyclic N) is 1. The van der Waals surface area contributed by atoms with E-state index in [2.05, 4.69) is 10.3 Å². The SMILES string of the molecule is COc1cc2c(cc1C)c1nc(C(F)(F)F)ccc1n2[C@H]1CCCNC[C@@H]1O. The summed E-state index contributed by atoms with van der Waals surface area (Å²) in [7, 11) is 1.56. The third-order valence-electron chi connectivity index (χ3n) is 5.43. The molecule has 3 aromatic rings. The van der Waals surface area contributed by atoms with Gasteiger partial charge in [0, 0.05) is 18.0 Å². The fourth-order valence-electron chi connectivity index (χ4n) is 4.09. The predicted molar refractivity (Wildman–Crippen MR) is 101 cm³/mol. The van der Waals surface area contributed by atoms with Crippen LogP contribution in [-0.2, 0) is 6.18 Å². The third-order valence-corrected chi connectivity index (χ3v) is 5.43. The van der Waals surface area contributed by atoms with Crippen molar-refractivity contribution in [2.45, 2.75) is 38.1 Å². The van der Waals surface area contributed by atoms with E-state index >= 15 is 0 Å². The molecule has 0 amide bonds. The number of fused-ring (bicyclic) bond motifs is 3. The average molecular weight is 393 g/mol. The van der Waals surface area contributed by atoms with Gasteiger partial charge in [0.25, 0.3) is 0 Å². The number of aliphatic hydroxyl groups is 1. The summed E-state index contributed by atoms with van der Waals surface area (Å²) < 4.78 is 47.1. The summed E-state index contributed by atoms with van der Waals surface area (Å²) in [6, 6.07) is 5.83. The topological polar surface area (TPSA) is 59.3 Å². The van der Waals surface area contributed by atoms with Crippen molar-refractivity contribution < 1.29 is 23.0 Å². The highest BCUT2D eigenvalue weighted by atomic mass is 19.4. The van der Waals surface area contributed by atoms with Crippen molar-refractivity contribution in [2.24, 2.45) is 0 Å². The van der Waals surface area contributed by atoms with Gasteiger partial charge in [0.2, 0.25) is 0 Å². The Morgan fingerprint density at radius 2 is 2.04 bits per heavy atom. The zero-order valence-electron chi connectivity index (χ0n) is 15.7. The van der Waals surface area contributed by atoms with Crippen LogP contribution in [0.3, 0.4) is 0 Å². The van der Waals surface area contributed by atoms with E-state index in [0.717, 1.165) is 30.1 Å². The van der Waals surface area contributed by atoms with Gasteiger partial charge in [-0.25, -0.2) is 4.98 Å². The van der Waals surface area contributed by atoms with Gasteiger partial charge in [0.05, 0.1) is 35.8 Å². The molecule has 150 valence electrons. The number of ether oxygens (including phenoxy) is 1. The normalized spacial score (nSPS) is 21.2. The minimum atomic E-state index is -4.52. The van der Waals surface area contributed by atoms with E-state index < -0.39 is 18.0 Å². The lowest BCUT2D eigenvalue weighted by Crippen LogP contribution is -2.31. The molecule has 0 saturated carbocycles. The van der Waals surface area contributed by atoms with Crippen LogP contribution in [0.25, 0.3) is 21.9 Å². The van der Waals surface area contributed by atoms with E-state index in [-0.39, 0.29) is 6.04 Å². The zero-order chi connectivity index (χ0) is 20.1. The number of aromatic nitrogens is 2. The van der Waals surface area contributed by atoms with E-state index in [4.69, 9.17) is 4.74 Å². The largest absolute Gasteiger partial charge is 0.496 e. The molecule has 2 aromatic heterocycles. The van der Waals surface area contributed by atoms with Crippen LogP contribution in [0, 0.1) is 6.92 Å². The van der Waals surface area contributed by atoms with Crippen molar-refractivity contribution in [1.29, 1.82) is 0 Å². The summed E-state index contributed by atoms with van der Waals surface area (Å²) in [4.78, 5) is 3.95. The van der Waals surface area contributed by atoms with Gasteiger partial charge in [-0.2, -0.15) is 13.2 Å². The Bertz CT molecular complexity index is 1030. The fourth-order valence-corrected chi connectivity index (χ4v) is 4.09. The Morgan fingerprint density at radius 1 is 1.25 bits per heavy atom. The van der Waals surface area contributed by atoms with Gasteiger partial charge < -0.3 is 19.7 Å². The van der Waals surface area contributed by atoms with Gasteiger partial charge in [-0.1, -0.05) is 0 Å². The van der Waals surface area contributed by atoms with Gasteiger partial charge in [-0.3, -0.25) is 0 Å². The standard InChI is InChI=1S/C20H22F3N3O2/c1-11-8-12-15(9-17(11)28-2)26(13-4-3-7-24-10-16(13)27)14-5-6-18(20(21,22)23)25-19(12)14/h5-6,8-9,13,16,24,27H,3-4,7,10H2,1-2H3/t13-,16-/m0/s1. The van der Waals surface area contributed by atoms with Crippen molar-refractivity contribution in [3.05, 3.63) is 35.5 Å². The highest BCUT2D eigenvalue weighted by molar-refractivity contribution is 6.06. The number of alkyl halides is 3. The van der Waals surface area contributed by atoms with Gasteiger partial charge in [-0.15, -0.1) is 0 Å². The van der Waals surface area contributed by atoms with Crippen molar-refractivity contribution >= 4 is 21.9 Å². The minimum Gasteiger partial charge on any atom is -0.496 e. The number of nitrogens with zero attached hydrogens (tertiary/aromatic N) is 2. The van der Waals surface area contributed by atoms with Crippen molar-refractivity contribution in [2.75, 3.05) is 20.2 Å². The summed E-state index contributed by atoms with van der Waals surface area (Å²) in [5, 5.41) is 14.5. The first kappa shape index (κ1) is 19.0. The van der Waals surface area contributed by atoms with Crippen molar-refractivity contribution in [3.63, 3.8) is 0 Å². The Kier molecular flexibility index (Phi) is 4.71. The lowest BCUT2D eigenvalue weighted by Gasteiger charge is -2.24. The van der Waals surface area contributed by atoms with Gasteiger partial charge in [0.1, 0.15) is 11.4 Å². The Balaban J connectivity index is 2.05. The minimum absolute atomic E-state index is 0.263. The number of hydrogen-bond donors (Lipinski definition) is 2. The number of aryl methyl sites for hydroxylation is 1. The van der Waals surface area contributed by atoms with Crippen molar-refractivity contribution in [1.82, 2.24) is 14.9 Å². The first-order chi connectivity index (χ1) is 13.3. The molecule has 1 aliphatic rings. The number of methoxy groups -OCH3 is 1. The molecule has 1 saturated heterocycles. The highest BCUT2D eigenvalue weighted by Crippen LogP contribution is 2.39. The number of hydrogen-bond acceptors (Lipinski definition) is 4. The number of nitrogens with one attached hydrogen (secondary N) is 1. The van der Waals surface area contributed by atoms with Crippen LogP contribution in [0.2, 0.25) is 0 Å². The Labute approximate surface area is 160 Å². The van der Waals surface area contributed by atoms with Crippen LogP contribution in [0.4, 0.5) is 13.2 Å². The van der Waals surface area contributed by atoms with E-state index in [1.807, 2.05) is 23.6 Å². The Morgan fingerprint density at radius 3 is 2.75 bits per heavy atom. The molecule has 8 heteroatoms. The van der Waals surface area contributed by atoms with Crippen molar-refractivity contribution in [3.8, 4) is 5.75 Å². The first-order valence-electron chi connectivity index (χ1n) is 9.26. The predicted octanol–water partition coefficient (Wildman–Crippen LogP) is 3.81. The third kappa shape index (κ3) is 3.10. The van der Waals surface area contributed by atoms with E-state index in [0.29, 0.717) is 35.1 Å². The highest BCUT2D eigenvalue weighted by Gasteiger charge is 2.34. The second-order valence-corrected chi connectivity index (χ2v) is 7.25. The summed E-state index contributed by atoms with van der Waals surface area (Å²) in [5.41, 5.74) is 1.49. The van der Waals surface area contributed by atoms with Gasteiger partial charge in [0.15, 0.2) is 0 Å². The van der Waals surface area contributed by atoms with Crippen LogP contribution in [-0.4, -0.2) is 41.0 Å². The molecular weight excluding hydrogens is 371 g/mol. The zero-order valence-corrected chi connectivity index (χ0v) is 15.7. The molecule has 28 heavy (non-hydrogen) atoms. The molecule has 0 bridgehead atoms. The molecule has 3 heterocycles. The molecule has 2 atom stereocenters. The Hall–Kier alpha value is -2.32. The van der Waals surface area contributed by atoms with E-state index in [9.17, 15) is 18.3 Å². The average Bonchev–Trinajstić information content (AvgIpc) is 2.79. The first-order valence-corrected chi connectivity index (χ1v) is 9.26. The lowest BCUT2D eigenvalue weighted by molar-refractivity contribution is -0.140. The molecule has 0 radical (unpaired) electrons. The van der Waals surface area contributed by atoms with Crippen LogP contribution in [0.5, 0.6) is 5.75 Å². The van der Waals surface area contributed by atoms with E-state index in [1.165, 1.54) is 6.07 Å². The summed E-state index contributed by atoms with van der Waals surface area (Å²) >= 11 is 0. The maximum atomic E-state index is 13.3. The molecule has 0 aliphatic carbocycles. The quantitative estimate of drug-likeness (QED) is 0.695. The summed E-state index contributed by atoms with van der Waals surface area (Å²) in [6.07, 6.45) is -3.60. The van der Waals surface area contributed by atoms with E-state index in [1.54, 1.807) is 7.11 Å². The molecule has 4 rings (SSSR count). The molecule has 0 unspecified atom stereocenters. The number of aliphatic hydroxyl groups excluding tert-OH is 1. The molecule has 5 nitrogen and oxygen atoms in total. The maximum absolute atomic E-state index is 13.3. The number of halogens is 3. The summed E-state index contributed by atoms with van der Waals surface area (Å²) in [6.45, 7) is 3.08. The molecule has 1 fully saturated rings. The molecule has 1 aliphatic heterocycles. The smallest absolute Gasteiger partial charge is 0.433 e. The number of benzene rings is 1. The number of pyridine rings is 1. The molecule has 2 N–H and O–H groups in total. The monoisotopic (exact) mass is 393 g/mol. The lowest BCUT2D eigenvalue weighted by atomic mass is 10.1. The van der Waals surface area contributed by atoms with Gasteiger partial charge in [-0.05, 0) is 50.1 Å². The number of rotatable bonds is 2. The molecular formula is C20H22F3N3O2. The second-order valence-electron chi connectivity index (χ2n) is 7.25. The van der Waals surface area contributed by atoms with Crippen LogP contribution in [0.1, 0.15) is 30.1 Å². The fraction of sp³-hybridized carbons (Fsp3) is 0.450. The van der Waals surface area contributed by atoms with Crippen LogP contribution >= 0.6 is 0 Å². The second kappa shape index (κ2) is 6.93. The molecule has 0 spiro atoms.